The van der Waals surface area contributed by atoms with Crippen LogP contribution in [0.2, 0.25) is 0 Å². The van der Waals surface area contributed by atoms with Gasteiger partial charge in [0.2, 0.25) is 0 Å². The number of phenols is 1. The summed E-state index contributed by atoms with van der Waals surface area (Å²) in [6.45, 7) is 3.89. The van der Waals surface area contributed by atoms with Gasteiger partial charge in [-0.25, -0.2) is 0 Å². The maximum absolute atomic E-state index is 10.9. The molecule has 7 heteroatoms. The second-order valence-corrected chi connectivity index (χ2v) is 8.19. The molecule has 0 heterocycles. The molecule has 2 aromatic rings. The molecule has 0 bridgehead atoms. The highest BCUT2D eigenvalue weighted by Gasteiger charge is 2.15. The van der Waals surface area contributed by atoms with Crippen LogP contribution in [0.4, 0.5) is 0 Å². The van der Waals surface area contributed by atoms with Crippen molar-refractivity contribution in [3.63, 3.8) is 0 Å². The minimum Gasteiger partial charge on any atom is -0.507 e. The molecule has 0 atom stereocenters. The first-order chi connectivity index (χ1) is 10.7. The summed E-state index contributed by atoms with van der Waals surface area (Å²) in [7, 11) is -4.19. The lowest BCUT2D eigenvalue weighted by Crippen LogP contribution is -2.01. The molecule has 0 unspecified atom stereocenters. The maximum atomic E-state index is 10.9. The molecule has 0 saturated carbocycles. The smallest absolute Gasteiger partial charge is 0.362 e. The van der Waals surface area contributed by atoms with E-state index in [1.54, 1.807) is 18.2 Å². The molecule has 0 radical (unpaired) electrons. The number of hydrogen-bond acceptors (Lipinski definition) is 3. The van der Waals surface area contributed by atoms with Crippen LogP contribution in [0.1, 0.15) is 22.3 Å². The number of hydrogen-bond donors (Lipinski definition) is 3. The zero-order chi connectivity index (χ0) is 17.2. The van der Waals surface area contributed by atoms with Crippen molar-refractivity contribution in [3.8, 4) is 11.5 Å². The van der Waals surface area contributed by atoms with Crippen molar-refractivity contribution in [2.45, 2.75) is 20.3 Å². The number of aryl methyl sites for hydroxylation is 2. The van der Waals surface area contributed by atoms with Gasteiger partial charge in [-0.3, -0.25) is 4.57 Å². The van der Waals surface area contributed by atoms with Crippen LogP contribution in [-0.4, -0.2) is 21.2 Å². The Bertz CT molecular complexity index is 746. The zero-order valence-electron chi connectivity index (χ0n) is 12.8. The van der Waals surface area contributed by atoms with Gasteiger partial charge in [-0.2, -0.15) is 0 Å². The van der Waals surface area contributed by atoms with Crippen molar-refractivity contribution in [3.05, 3.63) is 56.2 Å². The summed E-state index contributed by atoms with van der Waals surface area (Å²) in [4.78, 5) is 17.8. The van der Waals surface area contributed by atoms with E-state index in [-0.39, 0.29) is 5.75 Å². The Kier molecular flexibility index (Phi) is 5.73. The third-order valence-electron chi connectivity index (χ3n) is 3.46. The molecule has 0 saturated heterocycles. The molecule has 0 spiro atoms. The van der Waals surface area contributed by atoms with E-state index < -0.39 is 13.9 Å². The van der Waals surface area contributed by atoms with Gasteiger partial charge in [0.25, 0.3) is 0 Å². The monoisotopic (exact) mass is 448 g/mol. The number of rotatable bonds is 5. The first-order valence-electron chi connectivity index (χ1n) is 6.90. The Hall–Kier alpha value is -1.08. The molecule has 0 aliphatic rings. The van der Waals surface area contributed by atoms with Crippen molar-refractivity contribution in [2.75, 3.05) is 6.35 Å². The van der Waals surface area contributed by atoms with Gasteiger partial charge in [-0.15, -0.1) is 0 Å². The number of benzene rings is 2. The van der Waals surface area contributed by atoms with E-state index in [2.05, 4.69) is 22.6 Å². The van der Waals surface area contributed by atoms with Gasteiger partial charge in [0.1, 0.15) is 11.5 Å². The summed E-state index contributed by atoms with van der Waals surface area (Å²) in [5.74, 6) is 0.719. The Morgan fingerprint density at radius 1 is 1.13 bits per heavy atom. The second kappa shape index (κ2) is 7.21. The van der Waals surface area contributed by atoms with Gasteiger partial charge >= 0.3 is 7.60 Å². The quantitative estimate of drug-likeness (QED) is 0.480. The fourth-order valence-corrected chi connectivity index (χ4v) is 3.24. The van der Waals surface area contributed by atoms with Crippen molar-refractivity contribution in [2.24, 2.45) is 0 Å². The summed E-state index contributed by atoms with van der Waals surface area (Å²) in [5.41, 5.74) is 4.21. The predicted molar refractivity (Wildman–Crippen MR) is 97.1 cm³/mol. The molecule has 0 amide bonds. The average Bonchev–Trinajstić information content (AvgIpc) is 2.43. The van der Waals surface area contributed by atoms with Gasteiger partial charge in [-0.1, -0.05) is 6.07 Å². The van der Waals surface area contributed by atoms with Crippen molar-refractivity contribution >= 4 is 30.2 Å². The van der Waals surface area contributed by atoms with E-state index in [1.165, 1.54) is 0 Å². The molecule has 23 heavy (non-hydrogen) atoms. The minimum absolute atomic E-state index is 0.268. The Morgan fingerprint density at radius 3 is 2.26 bits per heavy atom. The van der Waals surface area contributed by atoms with Crippen LogP contribution >= 0.6 is 30.2 Å². The molecule has 0 aliphatic carbocycles. The third kappa shape index (κ3) is 5.21. The van der Waals surface area contributed by atoms with Crippen LogP contribution in [-0.2, 0) is 11.0 Å². The van der Waals surface area contributed by atoms with E-state index in [4.69, 9.17) is 14.5 Å². The minimum atomic E-state index is -4.19. The standard InChI is InChI=1S/C16H18IO5P/c1-10-5-13(22-9-23(19,20)21)6-11(2)14(10)7-12-3-4-16(18)15(17)8-12/h3-6,8,18H,7,9H2,1-2H3,(H2,19,20,21). The summed E-state index contributed by atoms with van der Waals surface area (Å²) in [5, 5.41) is 9.59. The van der Waals surface area contributed by atoms with Gasteiger partial charge in [0.15, 0.2) is 6.35 Å². The highest BCUT2D eigenvalue weighted by molar-refractivity contribution is 14.1. The average molecular weight is 448 g/mol. The number of ether oxygens (including phenoxy) is 1. The molecule has 5 nitrogen and oxygen atoms in total. The second-order valence-electron chi connectivity index (χ2n) is 5.44. The molecule has 0 aliphatic heterocycles. The van der Waals surface area contributed by atoms with E-state index in [1.807, 2.05) is 26.0 Å². The summed E-state index contributed by atoms with van der Waals surface area (Å²) in [6, 6.07) is 9.06. The highest BCUT2D eigenvalue weighted by atomic mass is 127. The van der Waals surface area contributed by atoms with Crippen LogP contribution in [0.25, 0.3) is 0 Å². The van der Waals surface area contributed by atoms with Crippen molar-refractivity contribution in [1.29, 1.82) is 0 Å². The van der Waals surface area contributed by atoms with Crippen LogP contribution in [0.5, 0.6) is 11.5 Å². The molecular formula is C16H18IO5P. The SMILES string of the molecule is Cc1cc(OCP(=O)(O)O)cc(C)c1Cc1ccc(O)c(I)c1. The maximum Gasteiger partial charge on any atom is 0.362 e. The van der Waals surface area contributed by atoms with Crippen LogP contribution < -0.4 is 4.74 Å². The highest BCUT2D eigenvalue weighted by Crippen LogP contribution is 2.35. The van der Waals surface area contributed by atoms with Crippen molar-refractivity contribution in [1.82, 2.24) is 0 Å². The number of halogens is 1. The predicted octanol–water partition coefficient (Wildman–Crippen LogP) is 3.72. The molecular weight excluding hydrogens is 430 g/mol. The molecule has 124 valence electrons. The number of phenolic OH excluding ortho intramolecular Hbond substituents is 1. The number of aromatic hydroxyl groups is 1. The molecule has 2 rings (SSSR count). The van der Waals surface area contributed by atoms with Crippen LogP contribution in [0, 0.1) is 17.4 Å². The van der Waals surface area contributed by atoms with Gasteiger partial charge in [0, 0.05) is 0 Å². The largest absolute Gasteiger partial charge is 0.507 e. The normalized spacial score (nSPS) is 11.5. The Labute approximate surface area is 148 Å². The van der Waals surface area contributed by atoms with Gasteiger partial charge in [-0.05, 0) is 89.4 Å². The van der Waals surface area contributed by atoms with Crippen LogP contribution in [0.15, 0.2) is 30.3 Å². The van der Waals surface area contributed by atoms with E-state index >= 15 is 0 Å². The third-order valence-corrected chi connectivity index (χ3v) is 4.79. The summed E-state index contributed by atoms with van der Waals surface area (Å²) in [6.07, 6.45) is 0.0914. The fraction of sp³-hybridized carbons (Fsp3) is 0.250. The van der Waals surface area contributed by atoms with Gasteiger partial charge < -0.3 is 19.6 Å². The van der Waals surface area contributed by atoms with E-state index in [0.717, 1.165) is 25.8 Å². The zero-order valence-corrected chi connectivity index (χ0v) is 15.8. The molecule has 2 aromatic carbocycles. The van der Waals surface area contributed by atoms with Gasteiger partial charge in [0.05, 0.1) is 3.57 Å². The Balaban J connectivity index is 2.23. The first kappa shape index (κ1) is 18.3. The van der Waals surface area contributed by atoms with Crippen molar-refractivity contribution < 1.29 is 24.2 Å². The Morgan fingerprint density at radius 2 is 1.74 bits per heavy atom. The lowest BCUT2D eigenvalue weighted by atomic mass is 9.96. The fourth-order valence-electron chi connectivity index (χ4n) is 2.34. The van der Waals surface area contributed by atoms with E-state index in [0.29, 0.717) is 12.2 Å². The van der Waals surface area contributed by atoms with E-state index in [9.17, 15) is 9.67 Å². The summed E-state index contributed by atoms with van der Waals surface area (Å²) < 4.78 is 16.9. The first-order valence-corrected chi connectivity index (χ1v) is 9.78. The lowest BCUT2D eigenvalue weighted by Gasteiger charge is -2.14. The molecule has 3 N–H and O–H groups in total. The lowest BCUT2D eigenvalue weighted by molar-refractivity contribution is 0.300. The topological polar surface area (TPSA) is 87.0 Å². The summed E-state index contributed by atoms with van der Waals surface area (Å²) >= 11 is 2.09. The molecule has 0 aromatic heterocycles. The molecule has 0 fully saturated rings. The van der Waals surface area contributed by atoms with Crippen LogP contribution in [0.3, 0.4) is 0 Å².